The van der Waals surface area contributed by atoms with Gasteiger partial charge in [-0.15, -0.1) is 0 Å². The maximum Gasteiger partial charge on any atom is 0.134 e. The van der Waals surface area contributed by atoms with Gasteiger partial charge in [-0.3, -0.25) is 0 Å². The molecular weight excluding hydrogens is 220 g/mol. The normalized spacial score (nSPS) is 12.3. The molecule has 0 aliphatic carbocycles. The van der Waals surface area contributed by atoms with Crippen molar-refractivity contribution in [2.24, 2.45) is 0 Å². The van der Waals surface area contributed by atoms with E-state index in [0.29, 0.717) is 6.04 Å². The summed E-state index contributed by atoms with van der Waals surface area (Å²) in [4.78, 5) is 8.77. The number of anilines is 2. The van der Waals surface area contributed by atoms with Gasteiger partial charge in [0.1, 0.15) is 17.5 Å². The van der Waals surface area contributed by atoms with E-state index in [-0.39, 0.29) is 0 Å². The lowest BCUT2D eigenvalue weighted by molar-refractivity contribution is 0.888. The molecule has 0 aliphatic rings. The van der Waals surface area contributed by atoms with Gasteiger partial charge in [0.25, 0.3) is 0 Å². The second-order valence-corrected chi connectivity index (χ2v) is 4.75. The van der Waals surface area contributed by atoms with Crippen LogP contribution in [0.25, 0.3) is 0 Å². The Labute approximate surface area is 102 Å². The second-order valence-electron chi connectivity index (χ2n) is 3.84. The van der Waals surface area contributed by atoms with Crippen LogP contribution in [0.3, 0.4) is 0 Å². The molecule has 0 saturated carbocycles. The summed E-state index contributed by atoms with van der Waals surface area (Å²) in [5.41, 5.74) is 1.07. The molecule has 1 aromatic heterocycles. The van der Waals surface area contributed by atoms with Gasteiger partial charge in [-0.1, -0.05) is 0 Å². The predicted octanol–water partition coefficient (Wildman–Crippen LogP) is 2.30. The van der Waals surface area contributed by atoms with Crippen LogP contribution in [0.2, 0.25) is 0 Å². The van der Waals surface area contributed by atoms with Crippen LogP contribution >= 0.6 is 11.8 Å². The van der Waals surface area contributed by atoms with Gasteiger partial charge in [-0.05, 0) is 27.0 Å². The highest BCUT2D eigenvalue weighted by Crippen LogP contribution is 2.20. The Kier molecular flexibility index (Phi) is 4.86. The number of hydrogen-bond acceptors (Lipinski definition) is 5. The molecule has 0 aliphatic heterocycles. The molecule has 0 radical (unpaired) electrons. The number of aryl methyl sites for hydroxylation is 1. The molecule has 0 spiro atoms. The molecule has 4 nitrogen and oxygen atoms in total. The van der Waals surface area contributed by atoms with Crippen molar-refractivity contribution in [3.8, 4) is 0 Å². The van der Waals surface area contributed by atoms with Crippen LogP contribution in [0.15, 0.2) is 0 Å². The molecule has 0 amide bonds. The fraction of sp³-hybridized carbons (Fsp3) is 0.636. The standard InChI is InChI=1S/C11H20N4S/c1-7(6-16-5)13-11-8(2)10(12-4)14-9(3)15-11/h7H,6H2,1-5H3,(H2,12,13,14,15). The minimum Gasteiger partial charge on any atom is -0.373 e. The molecule has 1 rings (SSSR count). The largest absolute Gasteiger partial charge is 0.373 e. The van der Waals surface area contributed by atoms with Gasteiger partial charge in [0.2, 0.25) is 0 Å². The molecule has 2 N–H and O–H groups in total. The molecule has 16 heavy (non-hydrogen) atoms. The third kappa shape index (κ3) is 3.27. The Morgan fingerprint density at radius 1 is 1.25 bits per heavy atom. The quantitative estimate of drug-likeness (QED) is 0.827. The predicted molar refractivity (Wildman–Crippen MR) is 72.5 cm³/mol. The Hall–Kier alpha value is -0.970. The van der Waals surface area contributed by atoms with Crippen LogP contribution < -0.4 is 10.6 Å². The minimum atomic E-state index is 0.410. The van der Waals surface area contributed by atoms with E-state index in [0.717, 1.165) is 28.8 Å². The highest BCUT2D eigenvalue weighted by molar-refractivity contribution is 7.98. The molecular formula is C11H20N4S. The van der Waals surface area contributed by atoms with Crippen molar-refractivity contribution in [2.75, 3.05) is 29.7 Å². The van der Waals surface area contributed by atoms with Gasteiger partial charge in [0.05, 0.1) is 0 Å². The van der Waals surface area contributed by atoms with E-state index < -0.39 is 0 Å². The van der Waals surface area contributed by atoms with Crippen molar-refractivity contribution in [1.82, 2.24) is 9.97 Å². The third-order valence-corrected chi connectivity index (χ3v) is 3.13. The van der Waals surface area contributed by atoms with Gasteiger partial charge < -0.3 is 10.6 Å². The molecule has 1 heterocycles. The maximum absolute atomic E-state index is 4.43. The van der Waals surface area contributed by atoms with E-state index in [4.69, 9.17) is 0 Å². The summed E-state index contributed by atoms with van der Waals surface area (Å²) in [5, 5.41) is 6.50. The van der Waals surface area contributed by atoms with Crippen LogP contribution in [0.4, 0.5) is 11.6 Å². The number of rotatable bonds is 5. The summed E-state index contributed by atoms with van der Waals surface area (Å²) < 4.78 is 0. The van der Waals surface area contributed by atoms with E-state index in [1.165, 1.54) is 0 Å². The molecule has 5 heteroatoms. The molecule has 0 fully saturated rings. The first-order valence-corrected chi connectivity index (χ1v) is 6.76. The van der Waals surface area contributed by atoms with Crippen molar-refractivity contribution in [2.45, 2.75) is 26.8 Å². The summed E-state index contributed by atoms with van der Waals surface area (Å²) >= 11 is 1.83. The summed E-state index contributed by atoms with van der Waals surface area (Å²) in [5.74, 6) is 3.68. The van der Waals surface area contributed by atoms with Crippen molar-refractivity contribution in [3.63, 3.8) is 0 Å². The topological polar surface area (TPSA) is 49.8 Å². The summed E-state index contributed by atoms with van der Waals surface area (Å²) in [6.45, 7) is 6.09. The lowest BCUT2D eigenvalue weighted by atomic mass is 10.2. The smallest absolute Gasteiger partial charge is 0.134 e. The first-order chi connectivity index (χ1) is 7.58. The molecule has 0 aromatic carbocycles. The van der Waals surface area contributed by atoms with Gasteiger partial charge in [0.15, 0.2) is 0 Å². The van der Waals surface area contributed by atoms with Crippen molar-refractivity contribution >= 4 is 23.4 Å². The monoisotopic (exact) mass is 240 g/mol. The van der Waals surface area contributed by atoms with E-state index >= 15 is 0 Å². The third-order valence-electron chi connectivity index (χ3n) is 2.29. The molecule has 90 valence electrons. The zero-order valence-electron chi connectivity index (χ0n) is 10.6. The van der Waals surface area contributed by atoms with E-state index in [1.807, 2.05) is 32.7 Å². The average Bonchev–Trinajstić information content (AvgIpc) is 2.23. The molecule has 0 bridgehead atoms. The van der Waals surface area contributed by atoms with E-state index in [2.05, 4.69) is 33.8 Å². The Morgan fingerprint density at radius 2 is 1.88 bits per heavy atom. The zero-order chi connectivity index (χ0) is 12.1. The maximum atomic E-state index is 4.43. The minimum absolute atomic E-state index is 0.410. The zero-order valence-corrected chi connectivity index (χ0v) is 11.4. The van der Waals surface area contributed by atoms with E-state index in [9.17, 15) is 0 Å². The van der Waals surface area contributed by atoms with Crippen LogP contribution in [0.1, 0.15) is 18.3 Å². The lowest BCUT2D eigenvalue weighted by Gasteiger charge is -2.17. The lowest BCUT2D eigenvalue weighted by Crippen LogP contribution is -2.20. The van der Waals surface area contributed by atoms with Crippen molar-refractivity contribution in [3.05, 3.63) is 11.4 Å². The highest BCUT2D eigenvalue weighted by atomic mass is 32.2. The Bertz CT molecular complexity index is 354. The first-order valence-electron chi connectivity index (χ1n) is 5.37. The highest BCUT2D eigenvalue weighted by Gasteiger charge is 2.10. The summed E-state index contributed by atoms with van der Waals surface area (Å²) in [6, 6.07) is 0.410. The van der Waals surface area contributed by atoms with Gasteiger partial charge in [-0.25, -0.2) is 9.97 Å². The van der Waals surface area contributed by atoms with E-state index in [1.54, 1.807) is 0 Å². The van der Waals surface area contributed by atoms with Gasteiger partial charge in [0, 0.05) is 24.4 Å². The summed E-state index contributed by atoms with van der Waals surface area (Å²) in [6.07, 6.45) is 2.11. The Balaban J connectivity index is 2.90. The number of thioether (sulfide) groups is 1. The van der Waals surface area contributed by atoms with Crippen LogP contribution in [-0.4, -0.2) is 35.1 Å². The van der Waals surface area contributed by atoms with Crippen molar-refractivity contribution in [1.29, 1.82) is 0 Å². The first kappa shape index (κ1) is 13.1. The van der Waals surface area contributed by atoms with Crippen LogP contribution in [0.5, 0.6) is 0 Å². The number of hydrogen-bond donors (Lipinski definition) is 2. The number of aromatic nitrogens is 2. The fourth-order valence-corrected chi connectivity index (χ4v) is 2.12. The molecule has 1 unspecified atom stereocenters. The fourth-order valence-electron chi connectivity index (χ4n) is 1.54. The molecule has 0 saturated heterocycles. The molecule has 1 aromatic rings. The van der Waals surface area contributed by atoms with Gasteiger partial charge in [-0.2, -0.15) is 11.8 Å². The summed E-state index contributed by atoms with van der Waals surface area (Å²) in [7, 11) is 1.88. The molecule has 1 atom stereocenters. The SMILES string of the molecule is CNc1nc(C)nc(NC(C)CSC)c1C. The van der Waals surface area contributed by atoms with Gasteiger partial charge >= 0.3 is 0 Å². The van der Waals surface area contributed by atoms with Crippen LogP contribution in [0, 0.1) is 13.8 Å². The van der Waals surface area contributed by atoms with Crippen LogP contribution in [-0.2, 0) is 0 Å². The average molecular weight is 240 g/mol. The number of nitrogens with one attached hydrogen (secondary N) is 2. The van der Waals surface area contributed by atoms with Crippen molar-refractivity contribution < 1.29 is 0 Å². The second kappa shape index (κ2) is 5.94. The number of nitrogens with zero attached hydrogens (tertiary/aromatic N) is 2. The Morgan fingerprint density at radius 3 is 2.44 bits per heavy atom.